The number of ether oxygens (including phenoxy) is 1. The number of imidazole rings is 1. The van der Waals surface area contributed by atoms with Crippen molar-refractivity contribution in [2.24, 2.45) is 7.05 Å². The van der Waals surface area contributed by atoms with Crippen molar-refractivity contribution in [3.8, 4) is 17.1 Å². The van der Waals surface area contributed by atoms with Crippen LogP contribution in [0.5, 0.6) is 5.75 Å². The molecule has 6 heteroatoms. The van der Waals surface area contributed by atoms with Crippen LogP contribution in [0.2, 0.25) is 0 Å². The van der Waals surface area contributed by atoms with Gasteiger partial charge in [0.1, 0.15) is 11.6 Å². The van der Waals surface area contributed by atoms with Crippen molar-refractivity contribution < 1.29 is 14.6 Å². The molecule has 0 spiro atoms. The second kappa shape index (κ2) is 7.48. The van der Waals surface area contributed by atoms with Crippen molar-refractivity contribution in [1.82, 2.24) is 14.5 Å². The number of nitrogens with zero attached hydrogens (tertiary/aromatic N) is 3. The fourth-order valence-electron chi connectivity index (χ4n) is 3.80. The van der Waals surface area contributed by atoms with Gasteiger partial charge in [-0.1, -0.05) is 30.3 Å². The minimum atomic E-state index is -0.927. The Balaban J connectivity index is 1.60. The van der Waals surface area contributed by atoms with E-state index in [2.05, 4.69) is 15.5 Å². The minimum Gasteiger partial charge on any atom is -0.496 e. The second-order valence-electron chi connectivity index (χ2n) is 7.05. The van der Waals surface area contributed by atoms with Gasteiger partial charge in [-0.05, 0) is 18.2 Å². The Bertz CT molecular complexity index is 1030. The maximum atomic E-state index is 11.3. The number of aromatic nitrogens is 2. The first-order chi connectivity index (χ1) is 13.6. The molecule has 0 atom stereocenters. The molecule has 1 aromatic heterocycles. The molecule has 6 nitrogen and oxygen atoms in total. The molecule has 0 unspecified atom stereocenters. The van der Waals surface area contributed by atoms with Gasteiger partial charge in [-0.15, -0.1) is 0 Å². The van der Waals surface area contributed by atoms with E-state index in [0.717, 1.165) is 48.9 Å². The van der Waals surface area contributed by atoms with Crippen molar-refractivity contribution in [3.05, 3.63) is 71.0 Å². The average molecular weight is 377 g/mol. The molecular formula is C22H23N3O3. The van der Waals surface area contributed by atoms with Crippen LogP contribution in [-0.4, -0.2) is 39.2 Å². The van der Waals surface area contributed by atoms with E-state index < -0.39 is 5.97 Å². The number of hydrogen-bond donors (Lipinski definition) is 1. The van der Waals surface area contributed by atoms with E-state index in [4.69, 9.17) is 9.72 Å². The normalized spacial score (nSPS) is 13.9. The molecule has 1 N–H and O–H groups in total. The Labute approximate surface area is 164 Å². The number of fused-ring (bicyclic) bond motifs is 1. The quantitative estimate of drug-likeness (QED) is 0.739. The molecule has 1 aliphatic heterocycles. The second-order valence-corrected chi connectivity index (χ2v) is 7.05. The lowest BCUT2D eigenvalue weighted by molar-refractivity contribution is 0.0697. The zero-order valence-corrected chi connectivity index (χ0v) is 16.1. The summed E-state index contributed by atoms with van der Waals surface area (Å²) in [7, 11) is 3.70. The van der Waals surface area contributed by atoms with E-state index in [9.17, 15) is 9.90 Å². The number of rotatable bonds is 5. The number of carbonyl (C=O) groups is 1. The first-order valence-corrected chi connectivity index (χ1v) is 9.29. The molecule has 0 bridgehead atoms. The van der Waals surface area contributed by atoms with E-state index in [0.29, 0.717) is 0 Å². The van der Waals surface area contributed by atoms with Gasteiger partial charge < -0.3 is 14.4 Å². The molecule has 2 heterocycles. The summed E-state index contributed by atoms with van der Waals surface area (Å²) in [6.07, 6.45) is 0.872. The molecule has 1 aliphatic rings. The smallest absolute Gasteiger partial charge is 0.335 e. The van der Waals surface area contributed by atoms with Crippen molar-refractivity contribution in [3.63, 3.8) is 0 Å². The Morgan fingerprint density at radius 2 is 2.04 bits per heavy atom. The SMILES string of the molecule is COc1ccccc1CN1CCc2nc(-c3cccc(C(=O)O)c3)n(C)c2C1. The van der Waals surface area contributed by atoms with Crippen LogP contribution in [0, 0.1) is 0 Å². The average Bonchev–Trinajstić information content (AvgIpc) is 3.05. The van der Waals surface area contributed by atoms with E-state index in [1.165, 1.54) is 11.3 Å². The summed E-state index contributed by atoms with van der Waals surface area (Å²) in [6.45, 7) is 2.55. The lowest BCUT2D eigenvalue weighted by atomic mass is 10.1. The molecule has 0 fully saturated rings. The van der Waals surface area contributed by atoms with Gasteiger partial charge >= 0.3 is 5.97 Å². The number of hydrogen-bond acceptors (Lipinski definition) is 4. The highest BCUT2D eigenvalue weighted by atomic mass is 16.5. The third-order valence-corrected chi connectivity index (χ3v) is 5.29. The predicted molar refractivity (Wildman–Crippen MR) is 106 cm³/mol. The van der Waals surface area contributed by atoms with Crippen LogP contribution < -0.4 is 4.74 Å². The van der Waals surface area contributed by atoms with Gasteiger partial charge in [-0.2, -0.15) is 0 Å². The molecule has 2 aromatic carbocycles. The van der Waals surface area contributed by atoms with Gasteiger partial charge in [0.2, 0.25) is 0 Å². The summed E-state index contributed by atoms with van der Waals surface area (Å²) in [4.78, 5) is 18.5. The van der Waals surface area contributed by atoms with Gasteiger partial charge in [0.25, 0.3) is 0 Å². The van der Waals surface area contributed by atoms with Crippen LogP contribution in [0.15, 0.2) is 48.5 Å². The Hall–Kier alpha value is -3.12. The molecule has 0 aliphatic carbocycles. The van der Waals surface area contributed by atoms with Gasteiger partial charge in [0, 0.05) is 44.2 Å². The lowest BCUT2D eigenvalue weighted by Gasteiger charge is -2.27. The first-order valence-electron chi connectivity index (χ1n) is 9.29. The molecule has 0 saturated carbocycles. The van der Waals surface area contributed by atoms with Gasteiger partial charge in [-0.25, -0.2) is 9.78 Å². The topological polar surface area (TPSA) is 67.6 Å². The van der Waals surface area contributed by atoms with Crippen LogP contribution in [0.1, 0.15) is 27.3 Å². The molecule has 144 valence electrons. The van der Waals surface area contributed by atoms with Crippen LogP contribution >= 0.6 is 0 Å². The molecule has 0 amide bonds. The van der Waals surface area contributed by atoms with Crippen molar-refractivity contribution >= 4 is 5.97 Å². The Kier molecular flexibility index (Phi) is 4.88. The van der Waals surface area contributed by atoms with Gasteiger partial charge in [0.15, 0.2) is 0 Å². The largest absolute Gasteiger partial charge is 0.496 e. The highest BCUT2D eigenvalue weighted by Crippen LogP contribution is 2.28. The van der Waals surface area contributed by atoms with E-state index in [1.807, 2.05) is 31.3 Å². The molecule has 4 rings (SSSR count). The maximum Gasteiger partial charge on any atom is 0.335 e. The predicted octanol–water partition coefficient (Wildman–Crippen LogP) is 3.35. The number of benzene rings is 2. The van der Waals surface area contributed by atoms with Crippen LogP contribution in [0.4, 0.5) is 0 Å². The monoisotopic (exact) mass is 377 g/mol. The lowest BCUT2D eigenvalue weighted by Crippen LogP contribution is -2.31. The summed E-state index contributed by atoms with van der Waals surface area (Å²) >= 11 is 0. The first kappa shape index (κ1) is 18.3. The maximum absolute atomic E-state index is 11.3. The van der Waals surface area contributed by atoms with Crippen LogP contribution in [-0.2, 0) is 26.6 Å². The molecular weight excluding hydrogens is 354 g/mol. The fourth-order valence-corrected chi connectivity index (χ4v) is 3.80. The summed E-state index contributed by atoms with van der Waals surface area (Å²) in [5.74, 6) is 0.792. The van der Waals surface area contributed by atoms with Gasteiger partial charge in [-0.3, -0.25) is 4.90 Å². The third-order valence-electron chi connectivity index (χ3n) is 5.29. The summed E-state index contributed by atoms with van der Waals surface area (Å²) in [5, 5.41) is 9.26. The highest BCUT2D eigenvalue weighted by Gasteiger charge is 2.24. The fraction of sp³-hybridized carbons (Fsp3) is 0.273. The highest BCUT2D eigenvalue weighted by molar-refractivity contribution is 5.89. The van der Waals surface area contributed by atoms with E-state index in [-0.39, 0.29) is 5.56 Å². The summed E-state index contributed by atoms with van der Waals surface area (Å²) in [5.41, 5.74) is 4.54. The number of carboxylic acids is 1. The molecule has 0 radical (unpaired) electrons. The van der Waals surface area contributed by atoms with Gasteiger partial charge in [0.05, 0.1) is 24.1 Å². The molecule has 3 aromatic rings. The van der Waals surface area contributed by atoms with Crippen molar-refractivity contribution in [2.45, 2.75) is 19.5 Å². The summed E-state index contributed by atoms with van der Waals surface area (Å²) < 4.78 is 7.57. The van der Waals surface area contributed by atoms with Crippen molar-refractivity contribution in [2.75, 3.05) is 13.7 Å². The minimum absolute atomic E-state index is 0.274. The van der Waals surface area contributed by atoms with Crippen LogP contribution in [0.25, 0.3) is 11.4 Å². The van der Waals surface area contributed by atoms with E-state index >= 15 is 0 Å². The molecule has 0 saturated heterocycles. The zero-order chi connectivity index (χ0) is 19.7. The third kappa shape index (κ3) is 3.39. The van der Waals surface area contributed by atoms with Crippen molar-refractivity contribution in [1.29, 1.82) is 0 Å². The number of carboxylic acid groups (broad SMARTS) is 1. The number of para-hydroxylation sites is 1. The Morgan fingerprint density at radius 3 is 2.82 bits per heavy atom. The van der Waals surface area contributed by atoms with Crippen LogP contribution in [0.3, 0.4) is 0 Å². The van der Waals surface area contributed by atoms with E-state index in [1.54, 1.807) is 25.3 Å². The Morgan fingerprint density at radius 1 is 1.21 bits per heavy atom. The standard InChI is InChI=1S/C22H23N3O3/c1-24-19-14-25(13-17-6-3-4-9-20(17)28-2)11-10-18(19)23-21(24)15-7-5-8-16(12-15)22(26)27/h3-9,12H,10-11,13-14H2,1-2H3,(H,26,27). The number of methoxy groups -OCH3 is 1. The molecule has 28 heavy (non-hydrogen) atoms. The zero-order valence-electron chi connectivity index (χ0n) is 16.1. The summed E-state index contributed by atoms with van der Waals surface area (Å²) in [6, 6.07) is 15.1. The number of aromatic carboxylic acids is 1.